The van der Waals surface area contributed by atoms with Gasteiger partial charge in [-0.05, 0) is 85.3 Å². The van der Waals surface area contributed by atoms with E-state index in [2.05, 4.69) is 57.4 Å². The van der Waals surface area contributed by atoms with E-state index in [1.54, 1.807) is 12.1 Å². The lowest BCUT2D eigenvalue weighted by Gasteiger charge is -2.31. The lowest BCUT2D eigenvalue weighted by molar-refractivity contribution is 0.0697. The van der Waals surface area contributed by atoms with Crippen LogP contribution in [-0.4, -0.2) is 40.7 Å². The molecule has 0 fully saturated rings. The number of nitrogens with zero attached hydrogens (tertiary/aromatic N) is 3. The van der Waals surface area contributed by atoms with Gasteiger partial charge in [-0.25, -0.2) is 9.59 Å². The van der Waals surface area contributed by atoms with E-state index < -0.39 is 5.97 Å². The minimum Gasteiger partial charge on any atom is -0.478 e. The number of hydrogen-bond acceptors (Lipinski definition) is 4. The molecule has 0 saturated carbocycles. The largest absolute Gasteiger partial charge is 0.478 e. The first-order valence-electron chi connectivity index (χ1n) is 12.9. The van der Waals surface area contributed by atoms with Gasteiger partial charge >= 0.3 is 12.0 Å². The number of aromatic nitrogens is 1. The molecule has 38 heavy (non-hydrogen) atoms. The van der Waals surface area contributed by atoms with Crippen LogP contribution in [0.15, 0.2) is 66.9 Å². The molecule has 1 aliphatic heterocycles. The van der Waals surface area contributed by atoms with Gasteiger partial charge in [-0.1, -0.05) is 12.1 Å². The van der Waals surface area contributed by atoms with Crippen molar-refractivity contribution in [3.05, 3.63) is 99.7 Å². The molecule has 2 amide bonds. The van der Waals surface area contributed by atoms with Gasteiger partial charge in [0.2, 0.25) is 0 Å². The maximum Gasteiger partial charge on any atom is 0.335 e. The number of nitrogens with one attached hydrogen (secondary N) is 1. The van der Waals surface area contributed by atoms with E-state index in [0.717, 1.165) is 29.8 Å². The standard InChI is InChI=1S/C30H30N4O3S/c1-32(2)22-15-11-19(12-16-22)27-25-7-5-17-33(25)28-24(23-6-3-4-8-26(23)38-28)18-34(27)30(37)31-21-13-9-20(10-14-21)29(35)36/h5,7,9-17,27H,3-4,6,8,18H2,1-2H3,(H,31,37)(H,35,36). The van der Waals surface area contributed by atoms with E-state index >= 15 is 0 Å². The minimum atomic E-state index is -0.993. The smallest absolute Gasteiger partial charge is 0.335 e. The van der Waals surface area contributed by atoms with Gasteiger partial charge in [-0.3, -0.25) is 0 Å². The lowest BCUT2D eigenvalue weighted by Crippen LogP contribution is -2.38. The number of carbonyl (C=O) groups excluding carboxylic acids is 1. The molecule has 0 saturated heterocycles. The molecule has 0 radical (unpaired) electrons. The summed E-state index contributed by atoms with van der Waals surface area (Å²) < 4.78 is 2.28. The quantitative estimate of drug-likeness (QED) is 0.326. The number of rotatable bonds is 4. The van der Waals surface area contributed by atoms with Crippen molar-refractivity contribution in [3.63, 3.8) is 0 Å². The topological polar surface area (TPSA) is 77.8 Å². The number of anilines is 2. The van der Waals surface area contributed by atoms with Crippen LogP contribution >= 0.6 is 11.3 Å². The average molecular weight is 527 g/mol. The summed E-state index contributed by atoms with van der Waals surface area (Å²) in [7, 11) is 4.03. The molecule has 0 bridgehead atoms. The molecular weight excluding hydrogens is 496 g/mol. The number of aryl methyl sites for hydroxylation is 1. The predicted octanol–water partition coefficient (Wildman–Crippen LogP) is 6.32. The van der Waals surface area contributed by atoms with Crippen LogP contribution in [0, 0.1) is 0 Å². The number of amides is 2. The maximum absolute atomic E-state index is 14.0. The minimum absolute atomic E-state index is 0.184. The Kier molecular flexibility index (Phi) is 6.19. The van der Waals surface area contributed by atoms with Crippen LogP contribution in [0.25, 0.3) is 5.00 Å². The summed E-state index contributed by atoms with van der Waals surface area (Å²) in [5.41, 5.74) is 6.58. The Morgan fingerprint density at radius 2 is 1.71 bits per heavy atom. The summed E-state index contributed by atoms with van der Waals surface area (Å²) in [6.45, 7) is 0.502. The summed E-state index contributed by atoms with van der Waals surface area (Å²) in [6, 6.07) is 18.4. The Labute approximate surface area is 225 Å². The van der Waals surface area contributed by atoms with E-state index in [9.17, 15) is 14.7 Å². The molecule has 1 atom stereocenters. The second-order valence-electron chi connectivity index (χ2n) is 10.1. The van der Waals surface area contributed by atoms with Gasteiger partial charge in [0.25, 0.3) is 0 Å². The van der Waals surface area contributed by atoms with Crippen LogP contribution in [0.3, 0.4) is 0 Å². The first kappa shape index (κ1) is 24.3. The predicted molar refractivity (Wildman–Crippen MR) is 151 cm³/mol. The molecule has 194 valence electrons. The summed E-state index contributed by atoms with van der Waals surface area (Å²) in [4.78, 5) is 30.7. The van der Waals surface area contributed by atoms with Crippen molar-refractivity contribution in [3.8, 4) is 5.00 Å². The van der Waals surface area contributed by atoms with Gasteiger partial charge in [0, 0.05) is 42.1 Å². The van der Waals surface area contributed by atoms with Crippen LogP contribution in [0.5, 0.6) is 0 Å². The first-order valence-corrected chi connectivity index (χ1v) is 13.7. The third-order valence-electron chi connectivity index (χ3n) is 7.55. The zero-order valence-corrected chi connectivity index (χ0v) is 22.3. The maximum atomic E-state index is 14.0. The molecular formula is C30H30N4O3S. The molecule has 1 unspecified atom stereocenters. The second kappa shape index (κ2) is 9.68. The zero-order valence-electron chi connectivity index (χ0n) is 21.5. The molecule has 4 aromatic rings. The normalized spacial score (nSPS) is 16.2. The lowest BCUT2D eigenvalue weighted by atomic mass is 9.95. The van der Waals surface area contributed by atoms with Gasteiger partial charge in [-0.2, -0.15) is 0 Å². The zero-order chi connectivity index (χ0) is 26.4. The highest BCUT2D eigenvalue weighted by Crippen LogP contribution is 2.44. The summed E-state index contributed by atoms with van der Waals surface area (Å²) in [6.07, 6.45) is 6.64. The van der Waals surface area contributed by atoms with Crippen molar-refractivity contribution in [1.29, 1.82) is 0 Å². The molecule has 2 aliphatic rings. The Morgan fingerprint density at radius 3 is 2.42 bits per heavy atom. The molecule has 7 nitrogen and oxygen atoms in total. The van der Waals surface area contributed by atoms with Crippen LogP contribution in [-0.2, 0) is 19.4 Å². The van der Waals surface area contributed by atoms with Crippen LogP contribution in [0.2, 0.25) is 0 Å². The van der Waals surface area contributed by atoms with Gasteiger partial charge in [-0.15, -0.1) is 11.3 Å². The fourth-order valence-electron chi connectivity index (χ4n) is 5.58. The van der Waals surface area contributed by atoms with E-state index in [-0.39, 0.29) is 17.6 Å². The highest BCUT2D eigenvalue weighted by Gasteiger charge is 2.36. The van der Waals surface area contributed by atoms with E-state index in [4.69, 9.17) is 0 Å². The molecule has 0 spiro atoms. The molecule has 2 aromatic heterocycles. The summed E-state index contributed by atoms with van der Waals surface area (Å²) in [5.74, 6) is -0.993. The van der Waals surface area contributed by atoms with Gasteiger partial charge < -0.3 is 24.8 Å². The number of fused-ring (bicyclic) bond motifs is 5. The van der Waals surface area contributed by atoms with Gasteiger partial charge in [0.1, 0.15) is 5.00 Å². The Bertz CT molecular complexity index is 1500. The number of carboxylic acids is 1. The molecule has 1 aliphatic carbocycles. The molecule has 2 N–H and O–H groups in total. The Balaban J connectivity index is 1.45. The van der Waals surface area contributed by atoms with Crippen LogP contribution < -0.4 is 10.2 Å². The molecule has 8 heteroatoms. The van der Waals surface area contributed by atoms with E-state index in [1.165, 1.54) is 46.0 Å². The highest BCUT2D eigenvalue weighted by atomic mass is 32.1. The number of carboxylic acid groups (broad SMARTS) is 1. The number of thiophene rings is 1. The fourth-order valence-corrected chi connectivity index (χ4v) is 6.99. The van der Waals surface area contributed by atoms with Crippen molar-refractivity contribution < 1.29 is 14.7 Å². The third-order valence-corrected chi connectivity index (χ3v) is 8.88. The monoisotopic (exact) mass is 526 g/mol. The number of benzene rings is 2. The van der Waals surface area contributed by atoms with Crippen molar-refractivity contribution in [1.82, 2.24) is 9.47 Å². The van der Waals surface area contributed by atoms with Crippen LogP contribution in [0.4, 0.5) is 16.2 Å². The number of urea groups is 1. The van der Waals surface area contributed by atoms with Gasteiger partial charge in [0.05, 0.1) is 23.8 Å². The van der Waals surface area contributed by atoms with Crippen molar-refractivity contribution in [2.45, 2.75) is 38.3 Å². The SMILES string of the molecule is CN(C)c1ccc(C2c3cccn3-c3sc4c(c3CN2C(=O)Nc2ccc(C(=O)O)cc2)CCCC4)cc1. The Morgan fingerprint density at radius 1 is 0.974 bits per heavy atom. The van der Waals surface area contributed by atoms with E-state index in [0.29, 0.717) is 12.2 Å². The Hall–Kier alpha value is -4.04. The van der Waals surface area contributed by atoms with Crippen molar-refractivity contribution >= 4 is 34.7 Å². The molecule has 2 aromatic carbocycles. The van der Waals surface area contributed by atoms with Crippen molar-refractivity contribution in [2.75, 3.05) is 24.3 Å². The number of carbonyl (C=O) groups is 2. The van der Waals surface area contributed by atoms with Gasteiger partial charge in [0.15, 0.2) is 0 Å². The third kappa shape index (κ3) is 4.24. The first-order chi connectivity index (χ1) is 18.4. The summed E-state index contributed by atoms with van der Waals surface area (Å²) in [5, 5.41) is 13.5. The fraction of sp³-hybridized carbons (Fsp3) is 0.267. The second-order valence-corrected chi connectivity index (χ2v) is 11.2. The summed E-state index contributed by atoms with van der Waals surface area (Å²) >= 11 is 1.87. The average Bonchev–Trinajstić information content (AvgIpc) is 3.51. The van der Waals surface area contributed by atoms with E-state index in [1.807, 2.05) is 30.3 Å². The molecule has 3 heterocycles. The number of hydrogen-bond donors (Lipinski definition) is 2. The highest BCUT2D eigenvalue weighted by molar-refractivity contribution is 7.15. The van der Waals surface area contributed by atoms with Crippen molar-refractivity contribution in [2.24, 2.45) is 0 Å². The van der Waals surface area contributed by atoms with Crippen LogP contribution in [0.1, 0.15) is 56.5 Å². The molecule has 6 rings (SSSR count). The number of aromatic carboxylic acids is 1.